The largest absolute Gasteiger partial charge is 0.377 e. The van der Waals surface area contributed by atoms with E-state index in [-0.39, 0.29) is 12.2 Å². The van der Waals surface area contributed by atoms with Gasteiger partial charge in [-0.25, -0.2) is 0 Å². The smallest absolute Gasteiger partial charge is 0.0971 e. The van der Waals surface area contributed by atoms with Crippen molar-refractivity contribution in [3.8, 4) is 0 Å². The molecule has 0 amide bonds. The maximum absolute atomic E-state index is 5.51. The lowest BCUT2D eigenvalue weighted by Crippen LogP contribution is -2.41. The Morgan fingerprint density at radius 3 is 1.95 bits per heavy atom. The minimum atomic E-state index is 0.211. The van der Waals surface area contributed by atoms with Crippen molar-refractivity contribution in [1.29, 1.82) is 0 Å². The molecule has 4 nitrogen and oxygen atoms in total. The number of methoxy groups -OCH3 is 2. The van der Waals surface area contributed by atoms with Crippen LogP contribution in [0, 0.1) is 11.8 Å². The third-order valence-corrected chi connectivity index (χ3v) is 4.27. The summed E-state index contributed by atoms with van der Waals surface area (Å²) in [7, 11) is 3.55. The average molecular weight is 272 g/mol. The fourth-order valence-corrected chi connectivity index (χ4v) is 2.69. The maximum atomic E-state index is 5.51. The fraction of sp³-hybridized carbons (Fsp3) is 1.00. The summed E-state index contributed by atoms with van der Waals surface area (Å²) < 4.78 is 11.0. The lowest BCUT2D eigenvalue weighted by atomic mass is 10.0. The van der Waals surface area contributed by atoms with Crippen molar-refractivity contribution >= 4 is 0 Å². The van der Waals surface area contributed by atoms with Crippen LogP contribution in [0.15, 0.2) is 0 Å². The number of rotatable bonds is 8. The number of nitrogens with zero attached hydrogens (tertiary/aromatic N) is 1. The zero-order valence-electron chi connectivity index (χ0n) is 13.5. The summed E-state index contributed by atoms with van der Waals surface area (Å²) in [5.41, 5.74) is 0. The molecule has 0 aliphatic carbocycles. The van der Waals surface area contributed by atoms with Gasteiger partial charge in [0.15, 0.2) is 0 Å². The molecule has 0 aromatic heterocycles. The third kappa shape index (κ3) is 5.03. The summed E-state index contributed by atoms with van der Waals surface area (Å²) in [5.74, 6) is 1.34. The Bertz CT molecular complexity index is 236. The van der Waals surface area contributed by atoms with E-state index in [4.69, 9.17) is 9.47 Å². The second-order valence-corrected chi connectivity index (χ2v) is 6.27. The Kier molecular flexibility index (Phi) is 7.29. The normalized spacial score (nSPS) is 27.9. The molecule has 114 valence electrons. The van der Waals surface area contributed by atoms with Crippen LogP contribution in [0.4, 0.5) is 0 Å². The lowest BCUT2D eigenvalue weighted by Gasteiger charge is -2.30. The monoisotopic (exact) mass is 272 g/mol. The van der Waals surface area contributed by atoms with Crippen LogP contribution in [0.2, 0.25) is 0 Å². The highest BCUT2D eigenvalue weighted by Crippen LogP contribution is 2.21. The molecule has 1 saturated heterocycles. The van der Waals surface area contributed by atoms with E-state index in [1.54, 1.807) is 14.2 Å². The Hall–Kier alpha value is -0.160. The highest BCUT2D eigenvalue weighted by Gasteiger charge is 2.36. The van der Waals surface area contributed by atoms with Gasteiger partial charge in [0, 0.05) is 33.4 Å². The first-order valence-electron chi connectivity index (χ1n) is 7.49. The van der Waals surface area contributed by atoms with Gasteiger partial charge in [-0.3, -0.25) is 4.90 Å². The van der Waals surface area contributed by atoms with Gasteiger partial charge in [-0.05, 0) is 31.8 Å². The van der Waals surface area contributed by atoms with Gasteiger partial charge in [0.2, 0.25) is 0 Å². The molecule has 0 bridgehead atoms. The molecule has 0 radical (unpaired) electrons. The van der Waals surface area contributed by atoms with Crippen molar-refractivity contribution in [1.82, 2.24) is 10.2 Å². The van der Waals surface area contributed by atoms with E-state index in [2.05, 4.69) is 37.9 Å². The molecule has 1 heterocycles. The summed E-state index contributed by atoms with van der Waals surface area (Å²) >= 11 is 0. The van der Waals surface area contributed by atoms with Crippen molar-refractivity contribution in [2.45, 2.75) is 45.9 Å². The first kappa shape index (κ1) is 16.9. The van der Waals surface area contributed by atoms with Crippen LogP contribution >= 0.6 is 0 Å². The second-order valence-electron chi connectivity index (χ2n) is 6.27. The van der Waals surface area contributed by atoms with Crippen molar-refractivity contribution in [3.63, 3.8) is 0 Å². The molecule has 4 atom stereocenters. The number of hydrogen-bond donors (Lipinski definition) is 1. The summed E-state index contributed by atoms with van der Waals surface area (Å²) in [6.07, 6.45) is 0.423. The van der Waals surface area contributed by atoms with Gasteiger partial charge in [-0.1, -0.05) is 20.8 Å². The van der Waals surface area contributed by atoms with E-state index < -0.39 is 0 Å². The number of likely N-dealkylation sites (tertiary alicyclic amines) is 1. The Labute approximate surface area is 118 Å². The van der Waals surface area contributed by atoms with Crippen molar-refractivity contribution in [2.75, 3.05) is 40.4 Å². The van der Waals surface area contributed by atoms with Crippen LogP contribution in [0.25, 0.3) is 0 Å². The van der Waals surface area contributed by atoms with Crippen LogP contribution in [-0.2, 0) is 9.47 Å². The number of hydrogen-bond acceptors (Lipinski definition) is 4. The quantitative estimate of drug-likeness (QED) is 0.728. The Balaban J connectivity index is 2.38. The topological polar surface area (TPSA) is 33.7 Å². The highest BCUT2D eigenvalue weighted by atomic mass is 16.5. The lowest BCUT2D eigenvalue weighted by molar-refractivity contribution is -0.00461. The van der Waals surface area contributed by atoms with Gasteiger partial charge >= 0.3 is 0 Å². The molecule has 1 N–H and O–H groups in total. The van der Waals surface area contributed by atoms with Gasteiger partial charge in [-0.2, -0.15) is 0 Å². The van der Waals surface area contributed by atoms with Gasteiger partial charge in [0.05, 0.1) is 12.2 Å². The molecule has 4 unspecified atom stereocenters. The maximum Gasteiger partial charge on any atom is 0.0971 e. The van der Waals surface area contributed by atoms with E-state index in [1.165, 1.54) is 0 Å². The first-order chi connectivity index (χ1) is 8.99. The van der Waals surface area contributed by atoms with Crippen LogP contribution in [-0.4, -0.2) is 63.5 Å². The predicted octanol–water partition coefficient (Wildman–Crippen LogP) is 1.60. The molecular weight excluding hydrogens is 240 g/mol. The second kappa shape index (κ2) is 8.20. The van der Waals surface area contributed by atoms with Gasteiger partial charge in [0.25, 0.3) is 0 Å². The summed E-state index contributed by atoms with van der Waals surface area (Å²) in [6.45, 7) is 13.2. The molecule has 0 saturated carbocycles. The van der Waals surface area contributed by atoms with Crippen molar-refractivity contribution in [3.05, 3.63) is 0 Å². The SMILES string of the molecule is COC1CN(C(C)C(C)CNCC(C)C)CC1OC. The Morgan fingerprint density at radius 1 is 1.00 bits per heavy atom. The molecule has 0 aromatic rings. The van der Waals surface area contributed by atoms with Crippen LogP contribution in [0.3, 0.4) is 0 Å². The minimum absolute atomic E-state index is 0.211. The van der Waals surface area contributed by atoms with Crippen molar-refractivity contribution in [2.24, 2.45) is 11.8 Å². The summed E-state index contributed by atoms with van der Waals surface area (Å²) in [4.78, 5) is 2.49. The van der Waals surface area contributed by atoms with E-state index in [0.29, 0.717) is 17.9 Å². The van der Waals surface area contributed by atoms with E-state index in [0.717, 1.165) is 26.2 Å². The molecule has 1 rings (SSSR count). The molecule has 1 aliphatic rings. The van der Waals surface area contributed by atoms with Crippen LogP contribution < -0.4 is 5.32 Å². The average Bonchev–Trinajstić information content (AvgIpc) is 2.80. The molecule has 1 fully saturated rings. The zero-order valence-corrected chi connectivity index (χ0v) is 13.5. The third-order valence-electron chi connectivity index (χ3n) is 4.27. The van der Waals surface area contributed by atoms with E-state index in [1.807, 2.05) is 0 Å². The molecule has 1 aliphatic heterocycles. The highest BCUT2D eigenvalue weighted by molar-refractivity contribution is 4.89. The zero-order chi connectivity index (χ0) is 14.4. The summed E-state index contributed by atoms with van der Waals surface area (Å²) in [6, 6.07) is 0.553. The van der Waals surface area contributed by atoms with Crippen molar-refractivity contribution < 1.29 is 9.47 Å². The summed E-state index contributed by atoms with van der Waals surface area (Å²) in [5, 5.41) is 3.55. The fourth-order valence-electron chi connectivity index (χ4n) is 2.69. The predicted molar refractivity (Wildman–Crippen MR) is 79.5 cm³/mol. The van der Waals surface area contributed by atoms with Crippen LogP contribution in [0.5, 0.6) is 0 Å². The molecular formula is C15H32N2O2. The number of ether oxygens (including phenoxy) is 2. The van der Waals surface area contributed by atoms with Crippen LogP contribution in [0.1, 0.15) is 27.7 Å². The first-order valence-corrected chi connectivity index (χ1v) is 7.49. The number of nitrogens with one attached hydrogen (secondary N) is 1. The van der Waals surface area contributed by atoms with Gasteiger partial charge in [-0.15, -0.1) is 0 Å². The minimum Gasteiger partial charge on any atom is -0.377 e. The van der Waals surface area contributed by atoms with E-state index in [9.17, 15) is 0 Å². The molecule has 0 spiro atoms. The molecule has 4 heteroatoms. The van der Waals surface area contributed by atoms with Gasteiger partial charge in [0.1, 0.15) is 0 Å². The van der Waals surface area contributed by atoms with E-state index >= 15 is 0 Å². The standard InChI is InChI=1S/C15H32N2O2/c1-11(2)7-16-8-12(3)13(4)17-9-14(18-5)15(10-17)19-6/h11-16H,7-10H2,1-6H3. The molecule has 0 aromatic carbocycles. The molecule has 19 heavy (non-hydrogen) atoms. The Morgan fingerprint density at radius 2 is 1.53 bits per heavy atom. The van der Waals surface area contributed by atoms with Gasteiger partial charge < -0.3 is 14.8 Å².